The molecule has 0 aromatic heterocycles. The maximum atomic E-state index is 13.5. The molecule has 6 heteroatoms. The first kappa shape index (κ1) is 16.2. The number of likely N-dealkylation sites (tertiary alicyclic amines) is 1. The van der Waals surface area contributed by atoms with E-state index in [1.54, 1.807) is 25.1 Å². The summed E-state index contributed by atoms with van der Waals surface area (Å²) >= 11 is 5.67. The van der Waals surface area contributed by atoms with Gasteiger partial charge in [-0.1, -0.05) is 17.7 Å². The van der Waals surface area contributed by atoms with Gasteiger partial charge in [0.05, 0.1) is 10.9 Å². The number of carbonyl (C=O) groups is 1. The van der Waals surface area contributed by atoms with Gasteiger partial charge in [-0.2, -0.15) is 0 Å². The van der Waals surface area contributed by atoms with E-state index in [9.17, 15) is 14.3 Å². The molecule has 4 nitrogen and oxygen atoms in total. The Labute approximate surface area is 129 Å². The molecule has 1 aromatic carbocycles. The lowest BCUT2D eigenvalue weighted by Crippen LogP contribution is -2.35. The first-order chi connectivity index (χ1) is 9.92. The summed E-state index contributed by atoms with van der Waals surface area (Å²) in [5.41, 5.74) is 0.812. The Morgan fingerprint density at radius 2 is 2.19 bits per heavy atom. The van der Waals surface area contributed by atoms with Crippen molar-refractivity contribution in [3.63, 3.8) is 0 Å². The van der Waals surface area contributed by atoms with E-state index in [0.717, 1.165) is 5.56 Å². The highest BCUT2D eigenvalue weighted by atomic mass is 35.5. The van der Waals surface area contributed by atoms with Gasteiger partial charge in [0.25, 0.3) is 0 Å². The van der Waals surface area contributed by atoms with E-state index in [0.29, 0.717) is 19.6 Å². The first-order valence-electron chi connectivity index (χ1n) is 6.90. The largest absolute Gasteiger partial charge is 0.396 e. The highest BCUT2D eigenvalue weighted by Gasteiger charge is 2.37. The summed E-state index contributed by atoms with van der Waals surface area (Å²) in [5, 5.41) is 9.56. The van der Waals surface area contributed by atoms with Crippen molar-refractivity contribution in [3.8, 4) is 0 Å². The molecule has 2 rings (SSSR count). The van der Waals surface area contributed by atoms with Crippen molar-refractivity contribution in [1.82, 2.24) is 9.80 Å². The molecule has 1 fully saturated rings. The van der Waals surface area contributed by atoms with Crippen molar-refractivity contribution >= 4 is 17.5 Å². The van der Waals surface area contributed by atoms with E-state index in [4.69, 9.17) is 11.6 Å². The van der Waals surface area contributed by atoms with Crippen molar-refractivity contribution in [3.05, 3.63) is 34.6 Å². The third-order valence-electron chi connectivity index (χ3n) is 3.90. The van der Waals surface area contributed by atoms with Gasteiger partial charge in [-0.15, -0.1) is 0 Å². The van der Waals surface area contributed by atoms with E-state index in [-0.39, 0.29) is 29.4 Å². The van der Waals surface area contributed by atoms with Gasteiger partial charge in [0.2, 0.25) is 5.91 Å². The Bertz CT molecular complexity index is 524. The molecular weight excluding hydrogens is 295 g/mol. The van der Waals surface area contributed by atoms with Crippen LogP contribution in [0.15, 0.2) is 18.2 Å². The van der Waals surface area contributed by atoms with Crippen LogP contribution in [0.25, 0.3) is 0 Å². The maximum absolute atomic E-state index is 13.5. The predicted octanol–water partition coefficient (Wildman–Crippen LogP) is 1.61. The highest BCUT2D eigenvalue weighted by Crippen LogP contribution is 2.26. The Balaban J connectivity index is 2.05. The fourth-order valence-corrected chi connectivity index (χ4v) is 2.90. The summed E-state index contributed by atoms with van der Waals surface area (Å²) in [4.78, 5) is 15.7. The Kier molecular flexibility index (Phi) is 5.19. The fourth-order valence-electron chi connectivity index (χ4n) is 2.78. The van der Waals surface area contributed by atoms with Crippen molar-refractivity contribution in [1.29, 1.82) is 0 Å². The second kappa shape index (κ2) is 6.73. The van der Waals surface area contributed by atoms with Gasteiger partial charge >= 0.3 is 0 Å². The number of aliphatic hydroxyl groups is 1. The third kappa shape index (κ3) is 3.73. The summed E-state index contributed by atoms with van der Waals surface area (Å²) in [6, 6.07) is 4.73. The number of amides is 1. The molecule has 0 saturated carbocycles. The molecule has 1 aliphatic rings. The summed E-state index contributed by atoms with van der Waals surface area (Å²) in [7, 11) is 3.43. The summed E-state index contributed by atoms with van der Waals surface area (Å²) in [5.74, 6) is -0.689. The average molecular weight is 315 g/mol. The van der Waals surface area contributed by atoms with Gasteiger partial charge in [-0.25, -0.2) is 4.39 Å². The summed E-state index contributed by atoms with van der Waals surface area (Å²) < 4.78 is 13.5. The lowest BCUT2D eigenvalue weighted by Gasteiger charge is -2.20. The smallest absolute Gasteiger partial charge is 0.226 e. The van der Waals surface area contributed by atoms with Gasteiger partial charge in [-0.3, -0.25) is 9.69 Å². The van der Waals surface area contributed by atoms with Crippen LogP contribution < -0.4 is 0 Å². The SMILES string of the molecule is CN(C)C(=O)[C@@H]1CN(Cc2ccc(Cl)c(F)c2)C[C@H]1CO. The Hall–Kier alpha value is -1.17. The van der Waals surface area contributed by atoms with Gasteiger partial charge in [0, 0.05) is 46.3 Å². The zero-order valence-corrected chi connectivity index (χ0v) is 13.0. The molecule has 0 unspecified atom stereocenters. The molecule has 0 bridgehead atoms. The Morgan fingerprint density at radius 3 is 2.76 bits per heavy atom. The number of aliphatic hydroxyl groups excluding tert-OH is 1. The van der Waals surface area contributed by atoms with Crippen LogP contribution in [-0.2, 0) is 11.3 Å². The standard InChI is InChI=1S/C15H20ClFN2O2/c1-18(2)15(21)12-8-19(7-11(12)9-20)6-10-3-4-13(16)14(17)5-10/h3-5,11-12,20H,6-9H2,1-2H3/t11-,12+/m0/s1. The summed E-state index contributed by atoms with van der Waals surface area (Å²) in [6.45, 7) is 1.73. The van der Waals surface area contributed by atoms with Crippen molar-refractivity contribution in [2.45, 2.75) is 6.54 Å². The minimum Gasteiger partial charge on any atom is -0.396 e. The molecule has 1 N–H and O–H groups in total. The number of rotatable bonds is 4. The zero-order valence-electron chi connectivity index (χ0n) is 12.2. The highest BCUT2D eigenvalue weighted by molar-refractivity contribution is 6.30. The van der Waals surface area contributed by atoms with Gasteiger partial charge in [-0.05, 0) is 17.7 Å². The molecule has 116 valence electrons. The molecule has 1 heterocycles. The molecule has 0 radical (unpaired) electrons. The van der Waals surface area contributed by atoms with E-state index >= 15 is 0 Å². The minimum atomic E-state index is -0.437. The quantitative estimate of drug-likeness (QED) is 0.918. The number of halogens is 2. The van der Waals surface area contributed by atoms with Crippen LogP contribution in [0.3, 0.4) is 0 Å². The van der Waals surface area contributed by atoms with Crippen LogP contribution >= 0.6 is 11.6 Å². The fraction of sp³-hybridized carbons (Fsp3) is 0.533. The van der Waals surface area contributed by atoms with E-state index < -0.39 is 5.82 Å². The molecule has 1 aromatic rings. The summed E-state index contributed by atoms with van der Waals surface area (Å²) in [6.07, 6.45) is 0. The molecular formula is C15H20ClFN2O2. The van der Waals surface area contributed by atoms with Crippen LogP contribution in [0.5, 0.6) is 0 Å². The first-order valence-corrected chi connectivity index (χ1v) is 7.28. The lowest BCUT2D eigenvalue weighted by molar-refractivity contribution is -0.134. The van der Waals surface area contributed by atoms with Crippen LogP contribution in [0.2, 0.25) is 5.02 Å². The molecule has 1 saturated heterocycles. The molecule has 0 spiro atoms. The second-order valence-electron chi connectivity index (χ2n) is 5.72. The van der Waals surface area contributed by atoms with Gasteiger partial charge in [0.15, 0.2) is 0 Å². The van der Waals surface area contributed by atoms with E-state index in [1.165, 1.54) is 12.1 Å². The number of nitrogens with zero attached hydrogens (tertiary/aromatic N) is 2. The second-order valence-corrected chi connectivity index (χ2v) is 6.13. The maximum Gasteiger partial charge on any atom is 0.226 e. The number of hydrogen-bond acceptors (Lipinski definition) is 3. The number of carbonyl (C=O) groups excluding carboxylic acids is 1. The van der Waals surface area contributed by atoms with E-state index in [1.807, 2.05) is 0 Å². The third-order valence-corrected chi connectivity index (χ3v) is 4.21. The van der Waals surface area contributed by atoms with Crippen molar-refractivity contribution < 1.29 is 14.3 Å². The predicted molar refractivity (Wildman–Crippen MR) is 79.4 cm³/mol. The van der Waals surface area contributed by atoms with Crippen molar-refractivity contribution in [2.24, 2.45) is 11.8 Å². The Morgan fingerprint density at radius 1 is 1.48 bits per heavy atom. The molecule has 1 aliphatic heterocycles. The van der Waals surface area contributed by atoms with Crippen LogP contribution in [-0.4, -0.2) is 54.6 Å². The van der Waals surface area contributed by atoms with Crippen LogP contribution in [0.1, 0.15) is 5.56 Å². The molecule has 21 heavy (non-hydrogen) atoms. The van der Waals surface area contributed by atoms with Gasteiger partial charge < -0.3 is 10.0 Å². The lowest BCUT2D eigenvalue weighted by atomic mass is 9.96. The average Bonchev–Trinajstić information content (AvgIpc) is 2.84. The molecule has 2 atom stereocenters. The van der Waals surface area contributed by atoms with Gasteiger partial charge in [0.1, 0.15) is 5.82 Å². The topological polar surface area (TPSA) is 43.8 Å². The number of benzene rings is 1. The zero-order chi connectivity index (χ0) is 15.6. The van der Waals surface area contributed by atoms with Crippen LogP contribution in [0, 0.1) is 17.7 Å². The minimum absolute atomic E-state index is 0.0181. The normalized spacial score (nSPS) is 22.5. The van der Waals surface area contributed by atoms with Crippen LogP contribution in [0.4, 0.5) is 4.39 Å². The monoisotopic (exact) mass is 314 g/mol. The number of hydrogen-bond donors (Lipinski definition) is 1. The van der Waals surface area contributed by atoms with Crippen molar-refractivity contribution in [2.75, 3.05) is 33.8 Å². The molecule has 1 amide bonds. The molecule has 0 aliphatic carbocycles. The van der Waals surface area contributed by atoms with E-state index in [2.05, 4.69) is 4.90 Å².